The minimum absolute atomic E-state index is 0.109. The van der Waals surface area contributed by atoms with Gasteiger partial charge in [-0.3, -0.25) is 0 Å². The third-order valence-electron chi connectivity index (χ3n) is 3.71. The van der Waals surface area contributed by atoms with Crippen LogP contribution in [0.4, 0.5) is 13.2 Å². The van der Waals surface area contributed by atoms with E-state index in [0.717, 1.165) is 23.3 Å². The molecule has 24 heavy (non-hydrogen) atoms. The average Bonchev–Trinajstić information content (AvgIpc) is 2.57. The van der Waals surface area contributed by atoms with Crippen LogP contribution in [0.1, 0.15) is 18.1 Å². The maximum atomic E-state index is 12.8. The van der Waals surface area contributed by atoms with Gasteiger partial charge in [0.1, 0.15) is 6.34 Å². The minimum atomic E-state index is -4.41. The maximum absolute atomic E-state index is 12.8. The number of hydrogen-bond donors (Lipinski definition) is 0. The van der Waals surface area contributed by atoms with Gasteiger partial charge in [-0.25, -0.2) is 4.99 Å². The highest BCUT2D eigenvalue weighted by Crippen LogP contribution is 2.32. The summed E-state index contributed by atoms with van der Waals surface area (Å²) in [5.74, 6) is 0.109. The van der Waals surface area contributed by atoms with E-state index in [0.29, 0.717) is 0 Å². The molecular formula is C18H15F3N2O. The molecule has 0 fully saturated rings. The summed E-state index contributed by atoms with van der Waals surface area (Å²) in [6, 6.07) is 14.2. The second-order valence-corrected chi connectivity index (χ2v) is 5.37. The van der Waals surface area contributed by atoms with Crippen LogP contribution < -0.4 is 4.84 Å². The molecule has 1 atom stereocenters. The lowest BCUT2D eigenvalue weighted by molar-refractivity contribution is -0.137. The predicted molar refractivity (Wildman–Crippen MR) is 86.3 cm³/mol. The van der Waals surface area contributed by atoms with Gasteiger partial charge >= 0.3 is 6.18 Å². The molecule has 1 aliphatic rings. The molecule has 1 aliphatic heterocycles. The smallest absolute Gasteiger partial charge is 0.378 e. The summed E-state index contributed by atoms with van der Waals surface area (Å²) >= 11 is 0. The van der Waals surface area contributed by atoms with Crippen LogP contribution in [0.25, 0.3) is 5.57 Å². The van der Waals surface area contributed by atoms with Crippen LogP contribution in [0, 0.1) is 0 Å². The second-order valence-electron chi connectivity index (χ2n) is 5.37. The molecule has 2 aromatic rings. The van der Waals surface area contributed by atoms with Crippen molar-refractivity contribution in [2.45, 2.75) is 19.1 Å². The van der Waals surface area contributed by atoms with Crippen LogP contribution in [0.5, 0.6) is 5.75 Å². The van der Waals surface area contributed by atoms with Crippen molar-refractivity contribution in [2.75, 3.05) is 0 Å². The molecule has 0 spiro atoms. The number of aliphatic imine (C=N–C) groups is 1. The van der Waals surface area contributed by atoms with Crippen LogP contribution in [0.15, 0.2) is 65.8 Å². The lowest BCUT2D eigenvalue weighted by Gasteiger charge is -2.30. The molecule has 0 radical (unpaired) electrons. The molecule has 2 aromatic carbocycles. The number of alkyl halides is 3. The van der Waals surface area contributed by atoms with Crippen molar-refractivity contribution >= 4 is 11.9 Å². The van der Waals surface area contributed by atoms with Crippen LogP contribution in [0.3, 0.4) is 0 Å². The molecule has 0 saturated carbocycles. The number of nitrogens with zero attached hydrogens (tertiary/aromatic N) is 2. The maximum Gasteiger partial charge on any atom is 0.416 e. The molecule has 0 saturated heterocycles. The van der Waals surface area contributed by atoms with Gasteiger partial charge in [-0.05, 0) is 30.7 Å². The fraction of sp³-hybridized carbons (Fsp3) is 0.167. The highest BCUT2D eigenvalue weighted by molar-refractivity contribution is 5.75. The first kappa shape index (κ1) is 16.1. The summed E-state index contributed by atoms with van der Waals surface area (Å²) in [7, 11) is 0. The molecule has 6 heteroatoms. The van der Waals surface area contributed by atoms with E-state index >= 15 is 0 Å². The lowest BCUT2D eigenvalue weighted by Crippen LogP contribution is -2.37. The quantitative estimate of drug-likeness (QED) is 0.808. The van der Waals surface area contributed by atoms with E-state index in [1.807, 2.05) is 37.3 Å². The van der Waals surface area contributed by atoms with E-state index in [1.54, 1.807) is 6.20 Å². The molecular weight excluding hydrogens is 317 g/mol. The van der Waals surface area contributed by atoms with E-state index < -0.39 is 11.7 Å². The average molecular weight is 332 g/mol. The number of halogens is 3. The minimum Gasteiger partial charge on any atom is -0.378 e. The monoisotopic (exact) mass is 332 g/mol. The van der Waals surface area contributed by atoms with Crippen molar-refractivity contribution in [1.82, 2.24) is 5.06 Å². The molecule has 1 heterocycles. The Bertz CT molecular complexity index is 769. The molecule has 0 aromatic heterocycles. The summed E-state index contributed by atoms with van der Waals surface area (Å²) in [5, 5.41) is 1.44. The molecule has 3 rings (SSSR count). The van der Waals surface area contributed by atoms with Crippen LogP contribution in [0.2, 0.25) is 0 Å². The zero-order valence-electron chi connectivity index (χ0n) is 12.9. The number of benzene rings is 2. The molecule has 0 amide bonds. The van der Waals surface area contributed by atoms with Crippen LogP contribution in [-0.2, 0) is 6.18 Å². The summed E-state index contributed by atoms with van der Waals surface area (Å²) in [4.78, 5) is 9.72. The molecule has 0 aliphatic carbocycles. The Kier molecular flexibility index (Phi) is 4.29. The zero-order valence-corrected chi connectivity index (χ0v) is 12.9. The molecule has 0 N–H and O–H groups in total. The van der Waals surface area contributed by atoms with Gasteiger partial charge < -0.3 is 4.84 Å². The first-order valence-corrected chi connectivity index (χ1v) is 7.37. The first-order chi connectivity index (χ1) is 11.4. The van der Waals surface area contributed by atoms with Crippen molar-refractivity contribution in [3.63, 3.8) is 0 Å². The van der Waals surface area contributed by atoms with E-state index in [2.05, 4.69) is 4.99 Å². The summed E-state index contributed by atoms with van der Waals surface area (Å²) in [6.45, 7) is 1.90. The van der Waals surface area contributed by atoms with Crippen molar-refractivity contribution in [3.8, 4) is 5.75 Å². The Labute approximate surface area is 137 Å². The van der Waals surface area contributed by atoms with Gasteiger partial charge in [-0.1, -0.05) is 36.4 Å². The Morgan fingerprint density at radius 1 is 1.04 bits per heavy atom. The van der Waals surface area contributed by atoms with E-state index in [9.17, 15) is 13.2 Å². The summed E-state index contributed by atoms with van der Waals surface area (Å²) < 4.78 is 38.4. The highest BCUT2D eigenvalue weighted by atomic mass is 19.4. The lowest BCUT2D eigenvalue weighted by atomic mass is 10.00. The molecule has 124 valence electrons. The van der Waals surface area contributed by atoms with Gasteiger partial charge in [0, 0.05) is 11.8 Å². The molecule has 3 nitrogen and oxygen atoms in total. The van der Waals surface area contributed by atoms with E-state index in [-0.39, 0.29) is 11.8 Å². The Morgan fingerprint density at radius 2 is 1.79 bits per heavy atom. The largest absolute Gasteiger partial charge is 0.416 e. The van der Waals surface area contributed by atoms with Gasteiger partial charge in [0.25, 0.3) is 0 Å². The summed E-state index contributed by atoms with van der Waals surface area (Å²) in [5.41, 5.74) is 1.16. The molecule has 0 bridgehead atoms. The van der Waals surface area contributed by atoms with Crippen molar-refractivity contribution < 1.29 is 18.0 Å². The van der Waals surface area contributed by atoms with Gasteiger partial charge in [0.05, 0.1) is 11.6 Å². The molecule has 1 unspecified atom stereocenters. The van der Waals surface area contributed by atoms with E-state index in [4.69, 9.17) is 4.84 Å². The second kappa shape index (κ2) is 6.39. The standard InChI is InChI=1S/C18H15F3N2O/c1-13-17(14-6-3-2-4-7-14)11-22-12-23(13)24-16-9-5-8-15(10-16)18(19,20)21/h2-13H,1H3. The number of rotatable bonds is 3. The Balaban J connectivity index is 1.80. The number of hydrogen-bond acceptors (Lipinski definition) is 3. The Hall–Kier alpha value is -2.76. The van der Waals surface area contributed by atoms with Crippen LogP contribution >= 0.6 is 0 Å². The van der Waals surface area contributed by atoms with Gasteiger partial charge in [-0.15, -0.1) is 0 Å². The third-order valence-corrected chi connectivity index (χ3v) is 3.71. The third kappa shape index (κ3) is 3.42. The Morgan fingerprint density at radius 3 is 2.50 bits per heavy atom. The van der Waals surface area contributed by atoms with Crippen molar-refractivity contribution in [1.29, 1.82) is 0 Å². The van der Waals surface area contributed by atoms with Crippen molar-refractivity contribution in [2.24, 2.45) is 4.99 Å². The highest BCUT2D eigenvalue weighted by Gasteiger charge is 2.31. The van der Waals surface area contributed by atoms with Gasteiger partial charge in [0.15, 0.2) is 5.75 Å². The SMILES string of the molecule is CC1C(c2ccccc2)=CN=CN1Oc1cccc(C(F)(F)F)c1. The normalized spacial score (nSPS) is 17.6. The topological polar surface area (TPSA) is 24.8 Å². The fourth-order valence-corrected chi connectivity index (χ4v) is 2.42. The van der Waals surface area contributed by atoms with Gasteiger partial charge in [-0.2, -0.15) is 18.2 Å². The summed E-state index contributed by atoms with van der Waals surface area (Å²) in [6.07, 6.45) is -1.22. The van der Waals surface area contributed by atoms with Gasteiger partial charge in [0.2, 0.25) is 0 Å². The van der Waals surface area contributed by atoms with E-state index in [1.165, 1.54) is 23.5 Å². The number of hydroxylamine groups is 2. The van der Waals surface area contributed by atoms with Crippen LogP contribution in [-0.4, -0.2) is 17.4 Å². The van der Waals surface area contributed by atoms with Crippen molar-refractivity contribution in [3.05, 3.63) is 71.9 Å². The fourth-order valence-electron chi connectivity index (χ4n) is 2.42. The predicted octanol–water partition coefficient (Wildman–Crippen LogP) is 4.77. The zero-order chi connectivity index (χ0) is 17.2. The first-order valence-electron chi connectivity index (χ1n) is 7.37.